The lowest BCUT2D eigenvalue weighted by molar-refractivity contribution is -0.137. The number of anilines is 1. The van der Waals surface area contributed by atoms with Crippen LogP contribution in [0.4, 0.5) is 10.5 Å². The molecule has 33 heavy (non-hydrogen) atoms. The second kappa shape index (κ2) is 9.90. The van der Waals surface area contributed by atoms with Crippen molar-refractivity contribution in [3.05, 3.63) is 78.1 Å². The SMILES string of the molecule is O=C(O)CCC(NC(=O)OCC1c2ccccc2-c2ccccc21)C(=O)Nc1ccnnc1. The van der Waals surface area contributed by atoms with Crippen molar-refractivity contribution >= 4 is 23.7 Å². The summed E-state index contributed by atoms with van der Waals surface area (Å²) in [4.78, 5) is 36.2. The number of aromatic nitrogens is 2. The molecule has 1 unspecified atom stereocenters. The highest BCUT2D eigenvalue weighted by Crippen LogP contribution is 2.44. The molecule has 1 aliphatic rings. The largest absolute Gasteiger partial charge is 0.481 e. The number of nitrogens with zero attached hydrogens (tertiary/aromatic N) is 2. The highest BCUT2D eigenvalue weighted by Gasteiger charge is 2.30. The van der Waals surface area contributed by atoms with Gasteiger partial charge < -0.3 is 20.5 Å². The number of hydrogen-bond acceptors (Lipinski definition) is 6. The molecule has 0 fully saturated rings. The first-order valence-corrected chi connectivity index (χ1v) is 10.4. The molecule has 0 aliphatic heterocycles. The number of benzene rings is 2. The fourth-order valence-electron chi connectivity index (χ4n) is 3.91. The van der Waals surface area contributed by atoms with Gasteiger partial charge in [-0.25, -0.2) is 4.79 Å². The number of fused-ring (bicyclic) bond motifs is 3. The van der Waals surface area contributed by atoms with E-state index >= 15 is 0 Å². The van der Waals surface area contributed by atoms with Crippen LogP contribution in [0.25, 0.3) is 11.1 Å². The van der Waals surface area contributed by atoms with E-state index in [0.29, 0.717) is 5.69 Å². The lowest BCUT2D eigenvalue weighted by Crippen LogP contribution is -2.44. The molecule has 0 radical (unpaired) electrons. The number of ether oxygens (including phenoxy) is 1. The minimum Gasteiger partial charge on any atom is -0.481 e. The van der Waals surface area contributed by atoms with Crippen LogP contribution in [0, 0.1) is 0 Å². The van der Waals surface area contributed by atoms with Crippen LogP contribution in [0.5, 0.6) is 0 Å². The van der Waals surface area contributed by atoms with E-state index in [1.807, 2.05) is 48.5 Å². The Kier molecular flexibility index (Phi) is 6.58. The summed E-state index contributed by atoms with van der Waals surface area (Å²) in [7, 11) is 0. The Labute approximate surface area is 189 Å². The van der Waals surface area contributed by atoms with Gasteiger partial charge in [0.15, 0.2) is 0 Å². The van der Waals surface area contributed by atoms with Crippen molar-refractivity contribution in [1.82, 2.24) is 15.5 Å². The van der Waals surface area contributed by atoms with E-state index in [4.69, 9.17) is 9.84 Å². The van der Waals surface area contributed by atoms with E-state index in [-0.39, 0.29) is 25.4 Å². The standard InChI is InChI=1S/C24H22N4O5/c29-22(30)10-9-21(23(31)27-15-11-12-25-26-13-15)28-24(32)33-14-20-18-7-3-1-5-16(18)17-6-2-4-8-19(17)20/h1-8,11-13,20-21H,9-10,14H2,(H,28,32)(H,29,30)(H,25,27,31). The maximum atomic E-state index is 12.6. The van der Waals surface area contributed by atoms with Gasteiger partial charge in [-0.15, -0.1) is 0 Å². The van der Waals surface area contributed by atoms with Gasteiger partial charge in [-0.3, -0.25) is 9.59 Å². The second-order valence-electron chi connectivity index (χ2n) is 7.58. The predicted molar refractivity (Wildman–Crippen MR) is 120 cm³/mol. The fourth-order valence-corrected chi connectivity index (χ4v) is 3.91. The van der Waals surface area contributed by atoms with Crippen LogP contribution in [-0.4, -0.2) is 45.9 Å². The molecule has 9 heteroatoms. The van der Waals surface area contributed by atoms with E-state index in [2.05, 4.69) is 20.8 Å². The Morgan fingerprint density at radius 1 is 0.970 bits per heavy atom. The average molecular weight is 446 g/mol. The summed E-state index contributed by atoms with van der Waals surface area (Å²) in [6.45, 7) is 0.0847. The molecular weight excluding hydrogens is 424 g/mol. The summed E-state index contributed by atoms with van der Waals surface area (Å²) < 4.78 is 5.48. The Bertz CT molecular complexity index is 1120. The Morgan fingerprint density at radius 2 is 1.64 bits per heavy atom. The molecule has 0 spiro atoms. The molecule has 2 amide bonds. The molecule has 0 bridgehead atoms. The molecular formula is C24H22N4O5. The van der Waals surface area contributed by atoms with Gasteiger partial charge in [0.05, 0.1) is 18.1 Å². The summed E-state index contributed by atoms with van der Waals surface area (Å²) in [6.07, 6.45) is 1.57. The maximum Gasteiger partial charge on any atom is 0.407 e. The van der Waals surface area contributed by atoms with Crippen LogP contribution in [0.15, 0.2) is 67.0 Å². The van der Waals surface area contributed by atoms with Crippen molar-refractivity contribution in [2.24, 2.45) is 0 Å². The van der Waals surface area contributed by atoms with Crippen LogP contribution in [-0.2, 0) is 14.3 Å². The van der Waals surface area contributed by atoms with Gasteiger partial charge in [-0.2, -0.15) is 10.2 Å². The van der Waals surface area contributed by atoms with Gasteiger partial charge in [0.2, 0.25) is 5.91 Å². The zero-order valence-corrected chi connectivity index (χ0v) is 17.6. The molecule has 1 aromatic heterocycles. The first-order chi connectivity index (χ1) is 16.0. The number of alkyl carbamates (subject to hydrolysis) is 1. The summed E-state index contributed by atoms with van der Waals surface area (Å²) in [5.41, 5.74) is 4.72. The normalized spacial score (nSPS) is 12.8. The van der Waals surface area contributed by atoms with Gasteiger partial charge in [0, 0.05) is 12.3 Å². The number of carboxylic acid groups (broad SMARTS) is 1. The number of carboxylic acids is 1. The molecule has 9 nitrogen and oxygen atoms in total. The Balaban J connectivity index is 1.42. The number of nitrogens with one attached hydrogen (secondary N) is 2. The van der Waals surface area contributed by atoms with Crippen molar-refractivity contribution in [3.8, 4) is 11.1 Å². The van der Waals surface area contributed by atoms with Crippen LogP contribution in [0.1, 0.15) is 29.9 Å². The van der Waals surface area contributed by atoms with Crippen LogP contribution in [0.3, 0.4) is 0 Å². The Hall–Kier alpha value is -4.27. The lowest BCUT2D eigenvalue weighted by Gasteiger charge is -2.19. The number of amides is 2. The van der Waals surface area contributed by atoms with Crippen LogP contribution >= 0.6 is 0 Å². The molecule has 1 atom stereocenters. The molecule has 3 N–H and O–H groups in total. The fraction of sp³-hybridized carbons (Fsp3) is 0.208. The summed E-state index contributed by atoms with van der Waals surface area (Å²) in [5, 5.41) is 21.4. The van der Waals surface area contributed by atoms with E-state index in [0.717, 1.165) is 22.3 Å². The Morgan fingerprint density at radius 3 is 2.24 bits per heavy atom. The molecule has 1 heterocycles. The van der Waals surface area contributed by atoms with Crippen molar-refractivity contribution < 1.29 is 24.2 Å². The van der Waals surface area contributed by atoms with Crippen LogP contribution < -0.4 is 10.6 Å². The van der Waals surface area contributed by atoms with Crippen molar-refractivity contribution in [3.63, 3.8) is 0 Å². The number of hydrogen-bond donors (Lipinski definition) is 3. The minimum absolute atomic E-state index is 0.0847. The average Bonchev–Trinajstić information content (AvgIpc) is 3.14. The molecule has 0 saturated carbocycles. The second-order valence-corrected chi connectivity index (χ2v) is 7.58. The number of carbonyl (C=O) groups excluding carboxylic acids is 2. The molecule has 1 aliphatic carbocycles. The smallest absolute Gasteiger partial charge is 0.407 e. The van der Waals surface area contributed by atoms with Crippen molar-refractivity contribution in [2.45, 2.75) is 24.8 Å². The highest BCUT2D eigenvalue weighted by molar-refractivity contribution is 5.96. The zero-order chi connectivity index (χ0) is 23.2. The highest BCUT2D eigenvalue weighted by atomic mass is 16.5. The van der Waals surface area contributed by atoms with Gasteiger partial charge in [0.1, 0.15) is 12.6 Å². The third-order valence-corrected chi connectivity index (χ3v) is 5.45. The number of carbonyl (C=O) groups is 3. The molecule has 3 aromatic rings. The monoisotopic (exact) mass is 446 g/mol. The molecule has 4 rings (SSSR count). The molecule has 168 valence electrons. The maximum absolute atomic E-state index is 12.6. The topological polar surface area (TPSA) is 131 Å². The quantitative estimate of drug-likeness (QED) is 0.484. The van der Waals surface area contributed by atoms with E-state index in [1.54, 1.807) is 0 Å². The van der Waals surface area contributed by atoms with E-state index in [1.165, 1.54) is 18.5 Å². The van der Waals surface area contributed by atoms with Gasteiger partial charge in [-0.05, 0) is 34.7 Å². The van der Waals surface area contributed by atoms with Gasteiger partial charge in [-0.1, -0.05) is 48.5 Å². The number of rotatable bonds is 8. The third kappa shape index (κ3) is 5.15. The van der Waals surface area contributed by atoms with E-state index < -0.39 is 24.0 Å². The van der Waals surface area contributed by atoms with Gasteiger partial charge in [0.25, 0.3) is 0 Å². The first-order valence-electron chi connectivity index (χ1n) is 10.4. The minimum atomic E-state index is -1.09. The predicted octanol–water partition coefficient (Wildman–Crippen LogP) is 3.19. The third-order valence-electron chi connectivity index (χ3n) is 5.45. The summed E-state index contributed by atoms with van der Waals surface area (Å²) in [6, 6.07) is 16.3. The van der Waals surface area contributed by atoms with Crippen molar-refractivity contribution in [1.29, 1.82) is 0 Å². The number of aliphatic carboxylic acids is 1. The van der Waals surface area contributed by atoms with E-state index in [9.17, 15) is 14.4 Å². The van der Waals surface area contributed by atoms with Crippen molar-refractivity contribution in [2.75, 3.05) is 11.9 Å². The molecule has 2 aromatic carbocycles. The summed E-state index contributed by atoms with van der Waals surface area (Å²) >= 11 is 0. The first kappa shape index (κ1) is 21.9. The van der Waals surface area contributed by atoms with Gasteiger partial charge >= 0.3 is 12.1 Å². The molecule has 0 saturated heterocycles. The van der Waals surface area contributed by atoms with Crippen LogP contribution in [0.2, 0.25) is 0 Å². The lowest BCUT2D eigenvalue weighted by atomic mass is 9.98. The zero-order valence-electron chi connectivity index (χ0n) is 17.6. The summed E-state index contributed by atoms with van der Waals surface area (Å²) in [5.74, 6) is -1.78.